The van der Waals surface area contributed by atoms with Crippen molar-refractivity contribution < 1.29 is 24.2 Å². The lowest BCUT2D eigenvalue weighted by atomic mass is 9.90. The van der Waals surface area contributed by atoms with Gasteiger partial charge in [0.05, 0.1) is 24.8 Å². The molecule has 1 aromatic rings. The van der Waals surface area contributed by atoms with E-state index in [0.717, 1.165) is 12.8 Å². The molecule has 1 fully saturated rings. The summed E-state index contributed by atoms with van der Waals surface area (Å²) in [5, 5.41) is 10.5. The third-order valence-corrected chi connectivity index (χ3v) is 4.95. The number of nitrogens with zero attached hydrogens (tertiary/aromatic N) is 1. The van der Waals surface area contributed by atoms with Crippen molar-refractivity contribution in [2.45, 2.75) is 38.8 Å². The predicted octanol–water partition coefficient (Wildman–Crippen LogP) is 2.79. The summed E-state index contributed by atoms with van der Waals surface area (Å²) in [5.74, 6) is -0.981. The molecule has 2 aliphatic heterocycles. The first-order valence-electron chi connectivity index (χ1n) is 8.98. The van der Waals surface area contributed by atoms with E-state index >= 15 is 0 Å². The number of Topliss-reactive ketones (excluding diaryl/α,β-unsaturated/α-hetero) is 1. The second kappa shape index (κ2) is 7.50. The highest BCUT2D eigenvalue weighted by Gasteiger charge is 2.45. The molecule has 6 heteroatoms. The number of aliphatic hydroxyl groups is 1. The molecular formula is C20H25NO5. The Morgan fingerprint density at radius 3 is 2.73 bits per heavy atom. The minimum atomic E-state index is -0.669. The normalized spacial score (nSPS) is 23.2. The van der Waals surface area contributed by atoms with Crippen molar-refractivity contribution in [2.24, 2.45) is 5.92 Å². The number of hydrogen-bond acceptors (Lipinski definition) is 5. The van der Waals surface area contributed by atoms with E-state index in [1.54, 1.807) is 31.9 Å². The molecule has 2 atom stereocenters. The van der Waals surface area contributed by atoms with Crippen LogP contribution in [0, 0.1) is 5.92 Å². The molecule has 0 spiro atoms. The van der Waals surface area contributed by atoms with E-state index in [1.807, 2.05) is 18.2 Å². The monoisotopic (exact) mass is 359 g/mol. The number of para-hydroxylation sites is 1. The minimum Gasteiger partial charge on any atom is -0.503 e. The molecule has 0 radical (unpaired) electrons. The molecule has 2 aliphatic rings. The van der Waals surface area contributed by atoms with Crippen molar-refractivity contribution in [3.8, 4) is 5.75 Å². The van der Waals surface area contributed by atoms with E-state index < -0.39 is 17.7 Å². The Morgan fingerprint density at radius 1 is 1.38 bits per heavy atom. The number of carbonyl (C=O) groups excluding carboxylic acids is 2. The summed E-state index contributed by atoms with van der Waals surface area (Å²) in [6, 6.07) is 6.61. The van der Waals surface area contributed by atoms with Gasteiger partial charge in [0.25, 0.3) is 5.91 Å². The Balaban J connectivity index is 2.06. The summed E-state index contributed by atoms with van der Waals surface area (Å²) in [5.41, 5.74) is 0.835. The number of benzene rings is 1. The van der Waals surface area contributed by atoms with Crippen molar-refractivity contribution in [3.63, 3.8) is 0 Å². The number of aliphatic hydroxyl groups excluding tert-OH is 1. The first-order valence-corrected chi connectivity index (χ1v) is 8.98. The van der Waals surface area contributed by atoms with Gasteiger partial charge in [0.1, 0.15) is 5.75 Å². The largest absolute Gasteiger partial charge is 0.503 e. The minimum absolute atomic E-state index is 0.0857. The Morgan fingerprint density at radius 2 is 2.12 bits per heavy atom. The average molecular weight is 359 g/mol. The number of ketones is 1. The molecule has 26 heavy (non-hydrogen) atoms. The van der Waals surface area contributed by atoms with Crippen molar-refractivity contribution in [1.29, 1.82) is 0 Å². The van der Waals surface area contributed by atoms with E-state index in [2.05, 4.69) is 0 Å². The van der Waals surface area contributed by atoms with Crippen LogP contribution in [0.15, 0.2) is 35.6 Å². The van der Waals surface area contributed by atoms with Gasteiger partial charge in [-0.15, -0.1) is 0 Å². The standard InChI is InChI=1S/C20H25NO5/c1-12(2)18(22)16-17(14-8-4-5-9-15(14)25-3)21(20(24)19(16)23)11-13-7-6-10-26-13/h4-5,8-9,12-13,17,23H,6-7,10-11H2,1-3H3. The van der Waals surface area contributed by atoms with E-state index in [0.29, 0.717) is 24.5 Å². The van der Waals surface area contributed by atoms with Gasteiger partial charge >= 0.3 is 0 Å². The number of rotatable bonds is 6. The molecule has 2 heterocycles. The highest BCUT2D eigenvalue weighted by atomic mass is 16.5. The van der Waals surface area contributed by atoms with Crippen LogP contribution in [0.3, 0.4) is 0 Å². The summed E-state index contributed by atoms with van der Waals surface area (Å²) in [7, 11) is 1.55. The molecule has 0 bridgehead atoms. The Kier molecular flexibility index (Phi) is 5.32. The molecule has 3 rings (SSSR count). The molecule has 1 saturated heterocycles. The van der Waals surface area contributed by atoms with Gasteiger partial charge in [0.2, 0.25) is 0 Å². The summed E-state index contributed by atoms with van der Waals surface area (Å²) in [6.07, 6.45) is 1.72. The smallest absolute Gasteiger partial charge is 0.290 e. The van der Waals surface area contributed by atoms with Crippen LogP contribution in [-0.2, 0) is 14.3 Å². The van der Waals surface area contributed by atoms with Gasteiger partial charge in [-0.2, -0.15) is 0 Å². The van der Waals surface area contributed by atoms with Crippen LogP contribution < -0.4 is 4.74 Å². The molecule has 0 saturated carbocycles. The zero-order valence-electron chi connectivity index (χ0n) is 15.4. The van der Waals surface area contributed by atoms with E-state index in [4.69, 9.17) is 9.47 Å². The summed E-state index contributed by atoms with van der Waals surface area (Å²) < 4.78 is 11.1. The van der Waals surface area contributed by atoms with Crippen LogP contribution >= 0.6 is 0 Å². The van der Waals surface area contributed by atoms with Crippen LogP contribution in [0.1, 0.15) is 38.3 Å². The molecule has 1 amide bonds. The van der Waals surface area contributed by atoms with E-state index in [1.165, 1.54) is 0 Å². The predicted molar refractivity (Wildman–Crippen MR) is 95.9 cm³/mol. The third-order valence-electron chi connectivity index (χ3n) is 4.95. The fourth-order valence-electron chi connectivity index (χ4n) is 3.63. The van der Waals surface area contributed by atoms with Crippen LogP contribution in [-0.4, -0.2) is 48.1 Å². The number of ether oxygens (including phenoxy) is 2. The third kappa shape index (κ3) is 3.21. The zero-order valence-corrected chi connectivity index (χ0v) is 15.4. The molecule has 1 N–H and O–H groups in total. The SMILES string of the molecule is COc1ccccc1C1C(C(=O)C(C)C)=C(O)C(=O)N1CC1CCCO1. The molecule has 2 unspecified atom stereocenters. The van der Waals surface area contributed by atoms with Gasteiger partial charge in [0.15, 0.2) is 11.5 Å². The van der Waals surface area contributed by atoms with Gasteiger partial charge in [0, 0.05) is 24.6 Å². The van der Waals surface area contributed by atoms with Crippen molar-refractivity contribution in [2.75, 3.05) is 20.3 Å². The fourth-order valence-corrected chi connectivity index (χ4v) is 3.63. The summed E-state index contributed by atoms with van der Waals surface area (Å²) in [4.78, 5) is 27.1. The fraction of sp³-hybridized carbons (Fsp3) is 0.500. The highest BCUT2D eigenvalue weighted by molar-refractivity contribution is 6.09. The van der Waals surface area contributed by atoms with Crippen LogP contribution in [0.4, 0.5) is 0 Å². The van der Waals surface area contributed by atoms with Gasteiger partial charge in [-0.25, -0.2) is 0 Å². The maximum atomic E-state index is 12.8. The molecule has 0 aromatic heterocycles. The van der Waals surface area contributed by atoms with E-state index in [-0.39, 0.29) is 23.4 Å². The van der Waals surface area contributed by atoms with Crippen LogP contribution in [0.2, 0.25) is 0 Å². The Bertz CT molecular complexity index is 733. The number of amides is 1. The quantitative estimate of drug-likeness (QED) is 0.845. The van der Waals surface area contributed by atoms with Crippen molar-refractivity contribution in [3.05, 3.63) is 41.2 Å². The highest BCUT2D eigenvalue weighted by Crippen LogP contribution is 2.42. The van der Waals surface area contributed by atoms with E-state index in [9.17, 15) is 14.7 Å². The molecule has 0 aliphatic carbocycles. The number of hydrogen-bond donors (Lipinski definition) is 1. The molecule has 1 aromatic carbocycles. The number of methoxy groups -OCH3 is 1. The number of carbonyl (C=O) groups is 2. The Hall–Kier alpha value is -2.34. The van der Waals surface area contributed by atoms with Crippen LogP contribution in [0.5, 0.6) is 5.75 Å². The zero-order chi connectivity index (χ0) is 18.8. The second-order valence-corrected chi connectivity index (χ2v) is 7.02. The molecule has 6 nitrogen and oxygen atoms in total. The lowest BCUT2D eigenvalue weighted by molar-refractivity contribution is -0.131. The maximum Gasteiger partial charge on any atom is 0.290 e. The second-order valence-electron chi connectivity index (χ2n) is 7.02. The maximum absolute atomic E-state index is 12.8. The van der Waals surface area contributed by atoms with Crippen molar-refractivity contribution in [1.82, 2.24) is 4.90 Å². The van der Waals surface area contributed by atoms with Crippen LogP contribution in [0.25, 0.3) is 0 Å². The van der Waals surface area contributed by atoms with Gasteiger partial charge < -0.3 is 19.5 Å². The molecule has 140 valence electrons. The lowest BCUT2D eigenvalue weighted by Crippen LogP contribution is -2.37. The first kappa shape index (κ1) is 18.5. The first-order chi connectivity index (χ1) is 12.5. The van der Waals surface area contributed by atoms with Crippen molar-refractivity contribution >= 4 is 11.7 Å². The van der Waals surface area contributed by atoms with Gasteiger partial charge in [-0.1, -0.05) is 32.0 Å². The van der Waals surface area contributed by atoms with Gasteiger partial charge in [-0.05, 0) is 18.9 Å². The lowest BCUT2D eigenvalue weighted by Gasteiger charge is -2.30. The average Bonchev–Trinajstić information content (AvgIpc) is 3.23. The van der Waals surface area contributed by atoms with Gasteiger partial charge in [-0.3, -0.25) is 9.59 Å². The summed E-state index contributed by atoms with van der Waals surface area (Å²) >= 11 is 0. The molecular weight excluding hydrogens is 334 g/mol. The topological polar surface area (TPSA) is 76.1 Å². The Labute approximate surface area is 153 Å². The summed E-state index contributed by atoms with van der Waals surface area (Å²) in [6.45, 7) is 4.52.